The highest BCUT2D eigenvalue weighted by molar-refractivity contribution is 5.91. The van der Waals surface area contributed by atoms with Gasteiger partial charge in [-0.1, -0.05) is 26.7 Å². The Hall–Kier alpha value is -2.04. The third-order valence-corrected chi connectivity index (χ3v) is 5.01. The van der Waals surface area contributed by atoms with Crippen molar-refractivity contribution in [3.8, 4) is 0 Å². The zero-order valence-corrected chi connectivity index (χ0v) is 15.0. The van der Waals surface area contributed by atoms with E-state index in [9.17, 15) is 9.59 Å². The molecule has 2 rings (SSSR count). The molecule has 1 amide bonds. The topological polar surface area (TPSA) is 58.6 Å². The maximum Gasteiger partial charge on any atom is 0.338 e. The number of carbonyl (C=O) groups excluding carboxylic acids is 2. The van der Waals surface area contributed by atoms with Crippen molar-refractivity contribution >= 4 is 17.6 Å². The Bertz CT molecular complexity index is 568. The van der Waals surface area contributed by atoms with E-state index in [4.69, 9.17) is 4.74 Å². The summed E-state index contributed by atoms with van der Waals surface area (Å²) in [6.07, 6.45) is 3.34. The highest BCUT2D eigenvalue weighted by Crippen LogP contribution is 2.29. The molecule has 1 aromatic carbocycles. The SMILES string of the molecule is C[C@H]1[C@@H](NC(=O)COC(=O)c2ccc(N(C)C)cc2)CCC[C@@H]1C. The van der Waals surface area contributed by atoms with Crippen LogP contribution in [0.4, 0.5) is 5.69 Å². The minimum atomic E-state index is -0.472. The van der Waals surface area contributed by atoms with Gasteiger partial charge in [0.05, 0.1) is 5.56 Å². The lowest BCUT2D eigenvalue weighted by molar-refractivity contribution is -0.125. The summed E-state index contributed by atoms with van der Waals surface area (Å²) in [4.78, 5) is 26.0. The number of anilines is 1. The van der Waals surface area contributed by atoms with E-state index in [2.05, 4.69) is 19.2 Å². The normalized spacial score (nSPS) is 23.4. The summed E-state index contributed by atoms with van der Waals surface area (Å²) in [5, 5.41) is 3.01. The van der Waals surface area contributed by atoms with Crippen LogP contribution in [0.1, 0.15) is 43.5 Å². The van der Waals surface area contributed by atoms with E-state index in [1.54, 1.807) is 12.1 Å². The Balaban J connectivity index is 1.81. The largest absolute Gasteiger partial charge is 0.452 e. The minimum absolute atomic E-state index is 0.180. The first-order chi connectivity index (χ1) is 11.4. The van der Waals surface area contributed by atoms with Gasteiger partial charge < -0.3 is 15.0 Å². The molecule has 0 radical (unpaired) electrons. The first-order valence-electron chi connectivity index (χ1n) is 8.62. The van der Waals surface area contributed by atoms with E-state index in [-0.39, 0.29) is 18.6 Å². The van der Waals surface area contributed by atoms with Crippen molar-refractivity contribution in [1.29, 1.82) is 0 Å². The van der Waals surface area contributed by atoms with Crippen LogP contribution in [0.5, 0.6) is 0 Å². The van der Waals surface area contributed by atoms with Gasteiger partial charge in [-0.3, -0.25) is 4.79 Å². The van der Waals surface area contributed by atoms with Crippen LogP contribution in [-0.4, -0.2) is 38.6 Å². The molecule has 1 N–H and O–H groups in total. The molecule has 1 saturated carbocycles. The molecule has 1 aromatic rings. The lowest BCUT2D eigenvalue weighted by Crippen LogP contribution is -2.45. The van der Waals surface area contributed by atoms with E-state index in [1.807, 2.05) is 31.1 Å². The zero-order chi connectivity index (χ0) is 17.7. The summed E-state index contributed by atoms with van der Waals surface area (Å²) < 4.78 is 5.13. The molecule has 5 heteroatoms. The van der Waals surface area contributed by atoms with Crippen molar-refractivity contribution in [2.75, 3.05) is 25.6 Å². The van der Waals surface area contributed by atoms with Crippen LogP contribution in [-0.2, 0) is 9.53 Å². The summed E-state index contributed by atoms with van der Waals surface area (Å²) in [5.74, 6) is 0.374. The van der Waals surface area contributed by atoms with E-state index >= 15 is 0 Å². The lowest BCUT2D eigenvalue weighted by Gasteiger charge is -2.34. The first kappa shape index (κ1) is 18.3. The molecule has 1 aliphatic carbocycles. The van der Waals surface area contributed by atoms with Gasteiger partial charge in [-0.15, -0.1) is 0 Å². The van der Waals surface area contributed by atoms with Gasteiger partial charge in [-0.25, -0.2) is 4.79 Å². The fourth-order valence-electron chi connectivity index (χ4n) is 3.14. The van der Waals surface area contributed by atoms with Crippen molar-refractivity contribution in [3.63, 3.8) is 0 Å². The van der Waals surface area contributed by atoms with Crippen LogP contribution in [0.3, 0.4) is 0 Å². The molecule has 3 atom stereocenters. The number of esters is 1. The predicted molar refractivity (Wildman–Crippen MR) is 95.2 cm³/mol. The highest BCUT2D eigenvalue weighted by Gasteiger charge is 2.28. The molecule has 0 aliphatic heterocycles. The standard InChI is InChI=1S/C19H28N2O3/c1-13-6-5-7-17(14(13)2)20-18(22)12-24-19(23)15-8-10-16(11-9-15)21(3)4/h8-11,13-14,17H,5-7,12H2,1-4H3,(H,20,22)/t13-,14+,17-/m0/s1. The third kappa shape index (κ3) is 4.73. The van der Waals surface area contributed by atoms with Crippen LogP contribution in [0.25, 0.3) is 0 Å². The molecule has 1 fully saturated rings. The van der Waals surface area contributed by atoms with Crippen molar-refractivity contribution < 1.29 is 14.3 Å². The molecular weight excluding hydrogens is 304 g/mol. The van der Waals surface area contributed by atoms with Crippen LogP contribution in [0.15, 0.2) is 24.3 Å². The van der Waals surface area contributed by atoms with Gasteiger partial charge in [0, 0.05) is 25.8 Å². The van der Waals surface area contributed by atoms with E-state index in [0.717, 1.165) is 18.5 Å². The molecule has 0 saturated heterocycles. The second-order valence-corrected chi connectivity index (χ2v) is 6.96. The fourth-order valence-corrected chi connectivity index (χ4v) is 3.14. The number of benzene rings is 1. The highest BCUT2D eigenvalue weighted by atomic mass is 16.5. The van der Waals surface area contributed by atoms with Crippen LogP contribution < -0.4 is 10.2 Å². The van der Waals surface area contributed by atoms with Gasteiger partial charge in [-0.05, 0) is 42.5 Å². The van der Waals surface area contributed by atoms with Crippen LogP contribution in [0.2, 0.25) is 0 Å². The van der Waals surface area contributed by atoms with E-state index in [1.165, 1.54) is 6.42 Å². The molecule has 132 valence electrons. The quantitative estimate of drug-likeness (QED) is 0.843. The number of rotatable bonds is 5. The molecule has 0 bridgehead atoms. The number of ether oxygens (including phenoxy) is 1. The number of nitrogens with one attached hydrogen (secondary N) is 1. The zero-order valence-electron chi connectivity index (χ0n) is 15.0. The summed E-state index contributed by atoms with van der Waals surface area (Å²) in [6, 6.07) is 7.30. The number of carbonyl (C=O) groups is 2. The van der Waals surface area contributed by atoms with Crippen LogP contribution >= 0.6 is 0 Å². The van der Waals surface area contributed by atoms with Gasteiger partial charge in [0.25, 0.3) is 5.91 Å². The number of nitrogens with zero attached hydrogens (tertiary/aromatic N) is 1. The predicted octanol–water partition coefficient (Wildman–Crippen LogP) is 2.85. The maximum atomic E-state index is 12.0. The molecule has 0 heterocycles. The van der Waals surface area contributed by atoms with Gasteiger partial charge in [0.15, 0.2) is 6.61 Å². The van der Waals surface area contributed by atoms with Crippen LogP contribution in [0, 0.1) is 11.8 Å². The Morgan fingerprint density at radius 1 is 1.17 bits per heavy atom. The molecule has 5 nitrogen and oxygen atoms in total. The summed E-state index contributed by atoms with van der Waals surface area (Å²) in [5.41, 5.74) is 1.46. The molecule has 0 aromatic heterocycles. The Kier molecular flexibility index (Phi) is 6.23. The smallest absolute Gasteiger partial charge is 0.338 e. The summed E-state index contributed by atoms with van der Waals surface area (Å²) >= 11 is 0. The van der Waals surface area contributed by atoms with Crippen molar-refractivity contribution in [2.24, 2.45) is 11.8 Å². The average molecular weight is 332 g/mol. The molecule has 0 spiro atoms. The average Bonchev–Trinajstić information content (AvgIpc) is 2.57. The lowest BCUT2D eigenvalue weighted by atomic mass is 9.78. The van der Waals surface area contributed by atoms with Crippen molar-refractivity contribution in [2.45, 2.75) is 39.2 Å². The van der Waals surface area contributed by atoms with Gasteiger partial charge >= 0.3 is 5.97 Å². The van der Waals surface area contributed by atoms with E-state index in [0.29, 0.717) is 17.4 Å². The number of amides is 1. The number of hydrogen-bond acceptors (Lipinski definition) is 4. The van der Waals surface area contributed by atoms with Crippen molar-refractivity contribution in [1.82, 2.24) is 5.32 Å². The maximum absolute atomic E-state index is 12.0. The van der Waals surface area contributed by atoms with Crippen molar-refractivity contribution in [3.05, 3.63) is 29.8 Å². The monoisotopic (exact) mass is 332 g/mol. The molecule has 1 aliphatic rings. The third-order valence-electron chi connectivity index (χ3n) is 5.01. The molecule has 24 heavy (non-hydrogen) atoms. The summed E-state index contributed by atoms with van der Waals surface area (Å²) in [6.45, 7) is 4.17. The Morgan fingerprint density at radius 3 is 2.46 bits per heavy atom. The molecular formula is C19H28N2O3. The van der Waals surface area contributed by atoms with E-state index < -0.39 is 5.97 Å². The second-order valence-electron chi connectivity index (χ2n) is 6.96. The van der Waals surface area contributed by atoms with Gasteiger partial charge in [0.1, 0.15) is 0 Å². The molecule has 0 unspecified atom stereocenters. The first-order valence-corrected chi connectivity index (χ1v) is 8.62. The minimum Gasteiger partial charge on any atom is -0.452 e. The number of hydrogen-bond donors (Lipinski definition) is 1. The fraction of sp³-hybridized carbons (Fsp3) is 0.579. The second kappa shape index (κ2) is 8.18. The van der Waals surface area contributed by atoms with Gasteiger partial charge in [-0.2, -0.15) is 0 Å². The summed E-state index contributed by atoms with van der Waals surface area (Å²) in [7, 11) is 3.87. The van der Waals surface area contributed by atoms with Gasteiger partial charge in [0.2, 0.25) is 0 Å². The Labute approximate surface area is 144 Å². The Morgan fingerprint density at radius 2 is 1.83 bits per heavy atom.